The van der Waals surface area contributed by atoms with Gasteiger partial charge in [-0.15, -0.1) is 0 Å². The van der Waals surface area contributed by atoms with E-state index in [-0.39, 0.29) is 5.69 Å². The molecule has 1 atom stereocenters. The first-order valence-electron chi connectivity index (χ1n) is 4.88. The fourth-order valence-corrected chi connectivity index (χ4v) is 1.48. The molecule has 2 amide bonds. The molecule has 8 heteroatoms. The van der Waals surface area contributed by atoms with Gasteiger partial charge >= 0.3 is 6.18 Å². The van der Waals surface area contributed by atoms with Gasteiger partial charge in [0.05, 0.1) is 11.3 Å². The number of carbonyl (C=O) groups is 2. The van der Waals surface area contributed by atoms with Crippen molar-refractivity contribution in [3.8, 4) is 0 Å². The summed E-state index contributed by atoms with van der Waals surface area (Å²) in [6.07, 6.45) is -4.45. The number of benzene rings is 1. The maximum atomic E-state index is 12.3. The molecule has 0 radical (unpaired) electrons. The number of nitrogens with two attached hydrogens (primary N) is 1. The van der Waals surface area contributed by atoms with Crippen molar-refractivity contribution in [3.63, 3.8) is 0 Å². The number of nitrogens with one attached hydrogen (secondary N) is 1. The summed E-state index contributed by atoms with van der Waals surface area (Å²) < 4.78 is 37.0. The van der Waals surface area contributed by atoms with Crippen LogP contribution in [0.3, 0.4) is 0 Å². The molecule has 0 aliphatic carbocycles. The van der Waals surface area contributed by atoms with Gasteiger partial charge in [0.15, 0.2) is 6.04 Å². The van der Waals surface area contributed by atoms with Crippen LogP contribution in [-0.4, -0.2) is 17.9 Å². The monoisotopic (exact) mass is 259 g/mol. The molecule has 1 aromatic rings. The summed E-state index contributed by atoms with van der Waals surface area (Å²) in [4.78, 5) is 22.6. The van der Waals surface area contributed by atoms with Gasteiger partial charge in [-0.25, -0.2) is 5.01 Å². The summed E-state index contributed by atoms with van der Waals surface area (Å²) in [7, 11) is 0. The van der Waals surface area contributed by atoms with Crippen molar-refractivity contribution in [1.82, 2.24) is 5.43 Å². The highest BCUT2D eigenvalue weighted by Crippen LogP contribution is 2.30. The maximum Gasteiger partial charge on any atom is 0.416 e. The Morgan fingerprint density at radius 1 is 1.17 bits per heavy atom. The third-order valence-electron chi connectivity index (χ3n) is 2.44. The molecular weight excluding hydrogens is 251 g/mol. The Morgan fingerprint density at radius 2 is 1.72 bits per heavy atom. The number of hydrazine groups is 1. The highest BCUT2D eigenvalue weighted by molar-refractivity contribution is 6.17. The van der Waals surface area contributed by atoms with Crippen LogP contribution < -0.4 is 16.2 Å². The minimum atomic E-state index is -4.45. The number of halogens is 3. The molecule has 1 aliphatic heterocycles. The number of nitrogens with zero attached hydrogens (tertiary/aromatic N) is 1. The average molecular weight is 259 g/mol. The molecule has 0 saturated carbocycles. The number of hydrogen-bond donors (Lipinski definition) is 2. The second kappa shape index (κ2) is 3.98. The van der Waals surface area contributed by atoms with E-state index in [0.717, 1.165) is 29.3 Å². The van der Waals surface area contributed by atoms with E-state index in [1.165, 1.54) is 0 Å². The fraction of sp³-hybridized carbons (Fsp3) is 0.200. The normalized spacial score (nSPS) is 20.2. The highest BCUT2D eigenvalue weighted by atomic mass is 19.4. The van der Waals surface area contributed by atoms with Gasteiger partial charge in [-0.05, 0) is 24.3 Å². The first-order valence-corrected chi connectivity index (χ1v) is 4.88. The minimum absolute atomic E-state index is 0.120. The van der Waals surface area contributed by atoms with Crippen molar-refractivity contribution >= 4 is 17.5 Å². The van der Waals surface area contributed by atoms with Crippen LogP contribution >= 0.6 is 0 Å². The Morgan fingerprint density at radius 3 is 2.11 bits per heavy atom. The Balaban J connectivity index is 2.26. The second-order valence-corrected chi connectivity index (χ2v) is 3.67. The molecule has 1 aromatic carbocycles. The summed E-state index contributed by atoms with van der Waals surface area (Å²) in [6.45, 7) is 0. The van der Waals surface area contributed by atoms with E-state index < -0.39 is 29.6 Å². The summed E-state index contributed by atoms with van der Waals surface area (Å²) in [6, 6.07) is 2.47. The lowest BCUT2D eigenvalue weighted by atomic mass is 10.2. The number of hydrogen-bond acceptors (Lipinski definition) is 3. The molecule has 5 nitrogen and oxygen atoms in total. The summed E-state index contributed by atoms with van der Waals surface area (Å²) in [5, 5.41) is 0.827. The van der Waals surface area contributed by atoms with Gasteiger partial charge in [0.25, 0.3) is 11.8 Å². The van der Waals surface area contributed by atoms with Gasteiger partial charge in [0, 0.05) is 0 Å². The van der Waals surface area contributed by atoms with Crippen LogP contribution in [0.25, 0.3) is 0 Å². The number of rotatable bonds is 1. The topological polar surface area (TPSA) is 75.4 Å². The highest BCUT2D eigenvalue weighted by Gasteiger charge is 2.37. The lowest BCUT2D eigenvalue weighted by Crippen LogP contribution is -2.37. The third kappa shape index (κ3) is 2.02. The van der Waals surface area contributed by atoms with Crippen LogP contribution in [0.4, 0.5) is 18.9 Å². The van der Waals surface area contributed by atoms with E-state index in [4.69, 9.17) is 5.73 Å². The zero-order valence-electron chi connectivity index (χ0n) is 8.86. The molecule has 96 valence electrons. The predicted molar refractivity (Wildman–Crippen MR) is 55.0 cm³/mol. The zero-order valence-corrected chi connectivity index (χ0v) is 8.86. The van der Waals surface area contributed by atoms with Gasteiger partial charge in [-0.2, -0.15) is 13.2 Å². The second-order valence-electron chi connectivity index (χ2n) is 3.67. The largest absolute Gasteiger partial charge is 0.416 e. The lowest BCUT2D eigenvalue weighted by Gasteiger charge is -2.16. The van der Waals surface area contributed by atoms with Crippen LogP contribution in [0, 0.1) is 0 Å². The summed E-state index contributed by atoms with van der Waals surface area (Å²) in [5.41, 5.74) is 6.71. The number of amides is 2. The minimum Gasteiger partial charge on any atom is -0.312 e. The van der Waals surface area contributed by atoms with E-state index in [9.17, 15) is 22.8 Å². The molecule has 1 saturated heterocycles. The molecule has 1 fully saturated rings. The van der Waals surface area contributed by atoms with Crippen molar-refractivity contribution in [3.05, 3.63) is 29.8 Å². The van der Waals surface area contributed by atoms with E-state index in [2.05, 4.69) is 5.43 Å². The van der Waals surface area contributed by atoms with Gasteiger partial charge in [0.2, 0.25) is 0 Å². The first kappa shape index (κ1) is 12.4. The molecule has 0 spiro atoms. The number of anilines is 1. The number of carbonyl (C=O) groups excluding carboxylic acids is 2. The molecule has 18 heavy (non-hydrogen) atoms. The Hall–Kier alpha value is -2.09. The lowest BCUT2D eigenvalue weighted by molar-refractivity contribution is -0.137. The molecule has 0 unspecified atom stereocenters. The summed E-state index contributed by atoms with van der Waals surface area (Å²) >= 11 is 0. The van der Waals surface area contributed by atoms with Gasteiger partial charge in [-0.1, -0.05) is 0 Å². The Labute approximate surface area is 99.3 Å². The molecule has 0 bridgehead atoms. The summed E-state index contributed by atoms with van der Waals surface area (Å²) in [5.74, 6) is -1.40. The SMILES string of the molecule is N[C@H]1C(=O)NN(c2ccc(C(F)(F)F)cc2)C1=O. The maximum absolute atomic E-state index is 12.3. The van der Waals surface area contributed by atoms with Crippen molar-refractivity contribution in [2.75, 3.05) is 5.01 Å². The van der Waals surface area contributed by atoms with Crippen molar-refractivity contribution in [1.29, 1.82) is 0 Å². The smallest absolute Gasteiger partial charge is 0.312 e. The average Bonchev–Trinajstić information content (AvgIpc) is 2.56. The standard InChI is InChI=1S/C10H8F3N3O2/c11-10(12,13)5-1-3-6(4-2-5)16-9(18)7(14)8(17)15-16/h1-4,7H,14H2,(H,15,17)/t7-/m0/s1. The van der Waals surface area contributed by atoms with Crippen LogP contribution in [0.15, 0.2) is 24.3 Å². The molecule has 1 aliphatic rings. The Kier molecular flexibility index (Phi) is 2.74. The molecular formula is C10H8F3N3O2. The van der Waals surface area contributed by atoms with E-state index in [1.54, 1.807) is 0 Å². The van der Waals surface area contributed by atoms with Crippen LogP contribution in [0.5, 0.6) is 0 Å². The third-order valence-corrected chi connectivity index (χ3v) is 2.44. The van der Waals surface area contributed by atoms with Crippen molar-refractivity contribution in [2.24, 2.45) is 5.73 Å². The van der Waals surface area contributed by atoms with Gasteiger partial charge in [0.1, 0.15) is 0 Å². The Bertz CT molecular complexity index is 498. The molecule has 0 aromatic heterocycles. The van der Waals surface area contributed by atoms with Crippen LogP contribution in [0.2, 0.25) is 0 Å². The fourth-order valence-electron chi connectivity index (χ4n) is 1.48. The van der Waals surface area contributed by atoms with E-state index >= 15 is 0 Å². The van der Waals surface area contributed by atoms with Crippen molar-refractivity contribution < 1.29 is 22.8 Å². The number of alkyl halides is 3. The van der Waals surface area contributed by atoms with Gasteiger partial charge < -0.3 is 5.73 Å². The first-order chi connectivity index (χ1) is 8.30. The predicted octanol–water partition coefficient (Wildman–Crippen LogP) is 0.410. The molecule has 2 rings (SSSR count). The quantitative estimate of drug-likeness (QED) is 0.717. The van der Waals surface area contributed by atoms with Crippen molar-refractivity contribution in [2.45, 2.75) is 12.2 Å². The van der Waals surface area contributed by atoms with E-state index in [0.29, 0.717) is 0 Å². The molecule has 3 N–H and O–H groups in total. The van der Waals surface area contributed by atoms with Gasteiger partial charge in [-0.3, -0.25) is 15.0 Å². The van der Waals surface area contributed by atoms with Crippen LogP contribution in [-0.2, 0) is 15.8 Å². The van der Waals surface area contributed by atoms with Crippen LogP contribution in [0.1, 0.15) is 5.56 Å². The molecule has 1 heterocycles. The zero-order chi connectivity index (χ0) is 13.5. The van der Waals surface area contributed by atoms with E-state index in [1.807, 2.05) is 0 Å².